The lowest BCUT2D eigenvalue weighted by atomic mass is 10.0. The zero-order valence-electron chi connectivity index (χ0n) is 8.58. The average molecular weight is 341 g/mol. The van der Waals surface area contributed by atoms with Crippen LogP contribution >= 0.6 is 31.9 Å². The number of hydrogen-bond acceptors (Lipinski definition) is 1. The molecule has 0 aromatic heterocycles. The average Bonchev–Trinajstić information content (AvgIpc) is 2.25. The van der Waals surface area contributed by atoms with Gasteiger partial charge in [-0.15, -0.1) is 0 Å². The lowest BCUT2D eigenvalue weighted by Gasteiger charge is -2.06. The van der Waals surface area contributed by atoms with Gasteiger partial charge in [-0.1, -0.05) is 50.1 Å². The van der Waals surface area contributed by atoms with Crippen LogP contribution in [0.3, 0.4) is 0 Å². The van der Waals surface area contributed by atoms with Gasteiger partial charge < -0.3 is 5.73 Å². The molecule has 0 atom stereocenters. The fraction of sp³-hybridized carbons (Fsp3) is 0.0769. The van der Waals surface area contributed by atoms with Crippen LogP contribution in [-0.2, 0) is 6.42 Å². The van der Waals surface area contributed by atoms with Gasteiger partial charge in [-0.05, 0) is 41.8 Å². The van der Waals surface area contributed by atoms with Crippen LogP contribution in [0, 0.1) is 0 Å². The molecule has 16 heavy (non-hydrogen) atoms. The van der Waals surface area contributed by atoms with Crippen LogP contribution in [0.1, 0.15) is 11.1 Å². The molecule has 2 N–H and O–H groups in total. The lowest BCUT2D eigenvalue weighted by molar-refractivity contribution is 1.19. The first-order valence-electron chi connectivity index (χ1n) is 4.93. The molecule has 0 unspecified atom stereocenters. The molecule has 2 aromatic carbocycles. The second-order valence-corrected chi connectivity index (χ2v) is 5.48. The molecule has 0 spiro atoms. The van der Waals surface area contributed by atoms with E-state index in [0.29, 0.717) is 0 Å². The number of nitrogens with two attached hydrogens (primary N) is 1. The highest BCUT2D eigenvalue weighted by Crippen LogP contribution is 2.22. The summed E-state index contributed by atoms with van der Waals surface area (Å²) in [7, 11) is 0. The molecule has 0 aliphatic carbocycles. The molecule has 0 amide bonds. The van der Waals surface area contributed by atoms with E-state index in [-0.39, 0.29) is 0 Å². The Balaban J connectivity index is 2.23. The molecule has 0 aliphatic heterocycles. The van der Waals surface area contributed by atoms with E-state index in [1.54, 1.807) is 0 Å². The number of hydrogen-bond donors (Lipinski definition) is 1. The maximum Gasteiger partial charge on any atom is 0.0361 e. The standard InChI is InChI=1S/C13H11Br2N/c14-11-4-1-9(2-5-11)7-10-3-6-12(15)8-13(10)16/h1-6,8H,7,16H2. The van der Waals surface area contributed by atoms with Crippen LogP contribution in [-0.4, -0.2) is 0 Å². The van der Waals surface area contributed by atoms with Gasteiger partial charge in [-0.3, -0.25) is 0 Å². The molecule has 82 valence electrons. The van der Waals surface area contributed by atoms with Crippen molar-refractivity contribution >= 4 is 37.5 Å². The maximum absolute atomic E-state index is 5.96. The second-order valence-electron chi connectivity index (χ2n) is 3.65. The van der Waals surface area contributed by atoms with Gasteiger partial charge in [0, 0.05) is 14.6 Å². The van der Waals surface area contributed by atoms with E-state index in [9.17, 15) is 0 Å². The summed E-state index contributed by atoms with van der Waals surface area (Å²) >= 11 is 6.83. The van der Waals surface area contributed by atoms with Gasteiger partial charge in [0.15, 0.2) is 0 Å². The molecule has 0 aliphatic rings. The first kappa shape index (κ1) is 11.7. The molecule has 0 saturated carbocycles. The SMILES string of the molecule is Nc1cc(Br)ccc1Cc1ccc(Br)cc1. The molecule has 3 heteroatoms. The third-order valence-corrected chi connectivity index (χ3v) is 3.44. The number of benzene rings is 2. The van der Waals surface area contributed by atoms with Crippen LogP contribution in [0.15, 0.2) is 51.4 Å². The van der Waals surface area contributed by atoms with Gasteiger partial charge in [0.2, 0.25) is 0 Å². The van der Waals surface area contributed by atoms with Crippen LogP contribution in [0.25, 0.3) is 0 Å². The van der Waals surface area contributed by atoms with E-state index in [2.05, 4.69) is 50.1 Å². The number of anilines is 1. The third kappa shape index (κ3) is 2.86. The molecular formula is C13H11Br2N. The minimum atomic E-state index is 0.831. The van der Waals surface area contributed by atoms with Crippen LogP contribution in [0.4, 0.5) is 5.69 Å². The highest BCUT2D eigenvalue weighted by Gasteiger charge is 2.01. The Morgan fingerprint density at radius 2 is 1.50 bits per heavy atom. The Labute approximate surface area is 112 Å². The van der Waals surface area contributed by atoms with Crippen LogP contribution < -0.4 is 5.73 Å². The Morgan fingerprint density at radius 1 is 0.875 bits per heavy atom. The summed E-state index contributed by atoms with van der Waals surface area (Å²) in [6.45, 7) is 0. The van der Waals surface area contributed by atoms with E-state index in [4.69, 9.17) is 5.73 Å². The van der Waals surface area contributed by atoms with E-state index in [1.807, 2.05) is 24.3 Å². The highest BCUT2D eigenvalue weighted by molar-refractivity contribution is 9.10. The summed E-state index contributed by atoms with van der Waals surface area (Å²) in [5.41, 5.74) is 9.21. The van der Waals surface area contributed by atoms with Gasteiger partial charge in [-0.25, -0.2) is 0 Å². The zero-order valence-corrected chi connectivity index (χ0v) is 11.8. The summed E-state index contributed by atoms with van der Waals surface area (Å²) in [5.74, 6) is 0. The topological polar surface area (TPSA) is 26.0 Å². The smallest absolute Gasteiger partial charge is 0.0361 e. The molecule has 0 bridgehead atoms. The first-order valence-corrected chi connectivity index (χ1v) is 6.52. The van der Waals surface area contributed by atoms with E-state index in [1.165, 1.54) is 5.56 Å². The maximum atomic E-state index is 5.96. The predicted octanol–water partition coefficient (Wildman–Crippen LogP) is 4.38. The molecule has 0 heterocycles. The number of halogens is 2. The summed E-state index contributed by atoms with van der Waals surface area (Å²) < 4.78 is 2.12. The van der Waals surface area contributed by atoms with Crippen molar-refractivity contribution in [1.29, 1.82) is 0 Å². The molecule has 2 aromatic rings. The number of rotatable bonds is 2. The summed E-state index contributed by atoms with van der Waals surface area (Å²) in [5, 5.41) is 0. The summed E-state index contributed by atoms with van der Waals surface area (Å²) in [6.07, 6.45) is 0.867. The van der Waals surface area contributed by atoms with Crippen molar-refractivity contribution in [3.63, 3.8) is 0 Å². The van der Waals surface area contributed by atoms with Gasteiger partial charge in [0.05, 0.1) is 0 Å². The fourth-order valence-corrected chi connectivity index (χ4v) is 2.19. The minimum Gasteiger partial charge on any atom is -0.398 e. The second kappa shape index (κ2) is 5.02. The van der Waals surface area contributed by atoms with Crippen molar-refractivity contribution in [2.24, 2.45) is 0 Å². The molecule has 0 radical (unpaired) electrons. The highest BCUT2D eigenvalue weighted by atomic mass is 79.9. The van der Waals surface area contributed by atoms with Gasteiger partial charge in [0.25, 0.3) is 0 Å². The molecular weight excluding hydrogens is 330 g/mol. The largest absolute Gasteiger partial charge is 0.398 e. The Kier molecular flexibility index (Phi) is 3.66. The van der Waals surface area contributed by atoms with Crippen molar-refractivity contribution in [2.75, 3.05) is 5.73 Å². The monoisotopic (exact) mass is 339 g/mol. The lowest BCUT2D eigenvalue weighted by Crippen LogP contribution is -1.95. The Bertz CT molecular complexity index is 492. The van der Waals surface area contributed by atoms with Crippen molar-refractivity contribution in [2.45, 2.75) is 6.42 Å². The van der Waals surface area contributed by atoms with E-state index >= 15 is 0 Å². The van der Waals surface area contributed by atoms with Gasteiger partial charge in [0.1, 0.15) is 0 Å². The quantitative estimate of drug-likeness (QED) is 0.806. The van der Waals surface area contributed by atoms with E-state index < -0.39 is 0 Å². The normalized spacial score (nSPS) is 10.4. The van der Waals surface area contributed by atoms with Crippen LogP contribution in [0.2, 0.25) is 0 Å². The number of nitrogen functional groups attached to an aromatic ring is 1. The summed E-state index contributed by atoms with van der Waals surface area (Å²) in [6, 6.07) is 14.3. The third-order valence-electron chi connectivity index (χ3n) is 2.42. The van der Waals surface area contributed by atoms with Crippen molar-refractivity contribution in [1.82, 2.24) is 0 Å². The minimum absolute atomic E-state index is 0.831. The van der Waals surface area contributed by atoms with Gasteiger partial charge >= 0.3 is 0 Å². The Morgan fingerprint density at radius 3 is 2.12 bits per heavy atom. The van der Waals surface area contributed by atoms with Gasteiger partial charge in [-0.2, -0.15) is 0 Å². The fourth-order valence-electron chi connectivity index (χ4n) is 1.55. The van der Waals surface area contributed by atoms with Crippen molar-refractivity contribution in [3.8, 4) is 0 Å². The summed E-state index contributed by atoms with van der Waals surface area (Å²) in [4.78, 5) is 0. The van der Waals surface area contributed by atoms with Crippen LogP contribution in [0.5, 0.6) is 0 Å². The molecule has 0 fully saturated rings. The van der Waals surface area contributed by atoms with Crippen molar-refractivity contribution < 1.29 is 0 Å². The zero-order chi connectivity index (χ0) is 11.5. The first-order chi connectivity index (χ1) is 7.65. The Hall–Kier alpha value is -0.800. The van der Waals surface area contributed by atoms with Crippen molar-refractivity contribution in [3.05, 3.63) is 62.5 Å². The predicted molar refractivity (Wildman–Crippen MR) is 75.5 cm³/mol. The molecule has 0 saturated heterocycles. The van der Waals surface area contributed by atoms with E-state index in [0.717, 1.165) is 26.6 Å². The molecule has 2 rings (SSSR count). The molecule has 1 nitrogen and oxygen atoms in total.